The summed E-state index contributed by atoms with van der Waals surface area (Å²) in [6.07, 6.45) is 1.78. The number of nitrogens with zero attached hydrogens (tertiary/aromatic N) is 4. The second-order valence-electron chi connectivity index (χ2n) is 4.95. The Kier molecular flexibility index (Phi) is 5.10. The van der Waals surface area contributed by atoms with E-state index in [2.05, 4.69) is 15.6 Å². The molecule has 21 heavy (non-hydrogen) atoms. The zero-order valence-electron chi connectivity index (χ0n) is 12.7. The van der Waals surface area contributed by atoms with Crippen LogP contribution in [0.3, 0.4) is 0 Å². The minimum atomic E-state index is -0.0380. The van der Waals surface area contributed by atoms with Gasteiger partial charge in [0.15, 0.2) is 0 Å². The van der Waals surface area contributed by atoms with Crippen molar-refractivity contribution in [2.45, 2.75) is 33.5 Å². The maximum atomic E-state index is 12.1. The predicted octanol–water partition coefficient (Wildman–Crippen LogP) is 0.948. The van der Waals surface area contributed by atoms with Crippen molar-refractivity contribution in [1.82, 2.24) is 25.2 Å². The number of hydrogen-bond acceptors (Lipinski definition) is 5. The minimum Gasteiger partial charge on any atom is -0.464 e. The van der Waals surface area contributed by atoms with Crippen molar-refractivity contribution in [2.24, 2.45) is 0 Å². The van der Waals surface area contributed by atoms with Crippen LogP contribution in [0.15, 0.2) is 22.7 Å². The first-order valence-corrected chi connectivity index (χ1v) is 6.97. The summed E-state index contributed by atoms with van der Waals surface area (Å²) in [4.78, 5) is 13.7. The fourth-order valence-corrected chi connectivity index (χ4v) is 1.90. The Hall–Kier alpha value is -2.15. The highest BCUT2D eigenvalue weighted by atomic mass is 16.3. The van der Waals surface area contributed by atoms with E-state index in [4.69, 9.17) is 4.42 Å². The molecule has 114 valence electrons. The van der Waals surface area contributed by atoms with E-state index in [9.17, 15) is 4.79 Å². The topological polar surface area (TPSA) is 76.2 Å². The van der Waals surface area contributed by atoms with Gasteiger partial charge in [-0.05, 0) is 25.6 Å². The summed E-state index contributed by atoms with van der Waals surface area (Å²) in [5, 5.41) is 11.1. The van der Waals surface area contributed by atoms with Gasteiger partial charge in [0.25, 0.3) is 0 Å². The second kappa shape index (κ2) is 7.03. The fraction of sp³-hybridized carbons (Fsp3) is 0.500. The van der Waals surface area contributed by atoms with Gasteiger partial charge >= 0.3 is 0 Å². The van der Waals surface area contributed by atoms with Crippen molar-refractivity contribution in [3.05, 3.63) is 35.5 Å². The molecule has 1 N–H and O–H groups in total. The summed E-state index contributed by atoms with van der Waals surface area (Å²) in [7, 11) is 1.75. The lowest BCUT2D eigenvalue weighted by molar-refractivity contribution is -0.131. The van der Waals surface area contributed by atoms with Gasteiger partial charge in [0.2, 0.25) is 5.91 Å². The third-order valence-electron chi connectivity index (χ3n) is 3.05. The van der Waals surface area contributed by atoms with E-state index in [0.29, 0.717) is 13.1 Å². The number of hydrogen-bond donors (Lipinski definition) is 1. The van der Waals surface area contributed by atoms with Gasteiger partial charge < -0.3 is 14.6 Å². The highest BCUT2D eigenvalue weighted by Crippen LogP contribution is 2.09. The summed E-state index contributed by atoms with van der Waals surface area (Å²) in [5.41, 5.74) is 0.828. The Morgan fingerprint density at radius 1 is 1.48 bits per heavy atom. The Bertz CT molecular complexity index is 590. The van der Waals surface area contributed by atoms with E-state index in [1.807, 2.05) is 26.0 Å². The molecule has 0 aliphatic heterocycles. The molecule has 1 amide bonds. The van der Waals surface area contributed by atoms with Crippen LogP contribution < -0.4 is 5.32 Å². The van der Waals surface area contributed by atoms with Crippen molar-refractivity contribution in [3.63, 3.8) is 0 Å². The first kappa shape index (κ1) is 15.2. The van der Waals surface area contributed by atoms with Crippen LogP contribution in [-0.2, 0) is 24.4 Å². The van der Waals surface area contributed by atoms with Crippen molar-refractivity contribution >= 4 is 5.91 Å². The molecule has 0 aliphatic carbocycles. The highest BCUT2D eigenvalue weighted by Gasteiger charge is 2.13. The molecular formula is C14H21N5O2. The maximum Gasteiger partial charge on any atom is 0.244 e. The molecule has 2 heterocycles. The van der Waals surface area contributed by atoms with E-state index in [1.54, 1.807) is 22.8 Å². The molecular weight excluding hydrogens is 270 g/mol. The quantitative estimate of drug-likeness (QED) is 0.822. The molecule has 0 atom stereocenters. The Morgan fingerprint density at radius 3 is 2.95 bits per heavy atom. The Morgan fingerprint density at radius 2 is 2.29 bits per heavy atom. The van der Waals surface area contributed by atoms with Gasteiger partial charge in [-0.1, -0.05) is 12.1 Å². The molecule has 2 rings (SSSR count). The summed E-state index contributed by atoms with van der Waals surface area (Å²) in [6.45, 7) is 6.07. The van der Waals surface area contributed by atoms with E-state index in [1.165, 1.54) is 0 Å². The van der Waals surface area contributed by atoms with Crippen molar-refractivity contribution in [2.75, 3.05) is 13.6 Å². The van der Waals surface area contributed by atoms with E-state index in [0.717, 1.165) is 23.8 Å². The molecule has 2 aromatic rings. The highest BCUT2D eigenvalue weighted by molar-refractivity contribution is 5.75. The van der Waals surface area contributed by atoms with Crippen molar-refractivity contribution in [3.8, 4) is 0 Å². The molecule has 0 unspecified atom stereocenters. The van der Waals surface area contributed by atoms with Crippen LogP contribution in [0.2, 0.25) is 0 Å². The number of furan rings is 1. The van der Waals surface area contributed by atoms with Gasteiger partial charge in [0.1, 0.15) is 18.1 Å². The first-order chi connectivity index (χ1) is 10.1. The number of amides is 1. The van der Waals surface area contributed by atoms with Gasteiger partial charge in [0, 0.05) is 13.6 Å². The number of likely N-dealkylation sites (N-methyl/N-ethyl adjacent to an activating group) is 1. The van der Waals surface area contributed by atoms with Crippen LogP contribution in [0.25, 0.3) is 0 Å². The number of carbonyl (C=O) groups excluding carboxylic acids is 1. The summed E-state index contributed by atoms with van der Waals surface area (Å²) >= 11 is 0. The van der Waals surface area contributed by atoms with E-state index < -0.39 is 0 Å². The van der Waals surface area contributed by atoms with Gasteiger partial charge in [-0.2, -0.15) is 0 Å². The van der Waals surface area contributed by atoms with Gasteiger partial charge in [-0.15, -0.1) is 5.10 Å². The van der Waals surface area contributed by atoms with Crippen LogP contribution in [0.1, 0.15) is 24.1 Å². The number of aromatic nitrogens is 3. The SMILES string of the molecule is CCNCc1cn(CC(=O)N(C)Cc2ccc(C)o2)nn1. The number of nitrogens with one attached hydrogen (secondary N) is 1. The van der Waals surface area contributed by atoms with Crippen molar-refractivity contribution in [1.29, 1.82) is 0 Å². The molecule has 0 bridgehead atoms. The fourth-order valence-electron chi connectivity index (χ4n) is 1.90. The largest absolute Gasteiger partial charge is 0.464 e. The van der Waals surface area contributed by atoms with Gasteiger partial charge in [-0.25, -0.2) is 4.68 Å². The number of aryl methyl sites for hydroxylation is 1. The van der Waals surface area contributed by atoms with Crippen LogP contribution in [0.5, 0.6) is 0 Å². The minimum absolute atomic E-state index is 0.0380. The lowest BCUT2D eigenvalue weighted by Crippen LogP contribution is -2.29. The molecule has 0 saturated heterocycles. The molecule has 0 fully saturated rings. The smallest absolute Gasteiger partial charge is 0.244 e. The Balaban J connectivity index is 1.86. The summed E-state index contributed by atoms with van der Waals surface area (Å²) < 4.78 is 7.02. The average molecular weight is 291 g/mol. The van der Waals surface area contributed by atoms with Crippen molar-refractivity contribution < 1.29 is 9.21 Å². The molecule has 2 aromatic heterocycles. The third-order valence-corrected chi connectivity index (χ3v) is 3.05. The molecule has 0 radical (unpaired) electrons. The molecule has 0 aromatic carbocycles. The van der Waals surface area contributed by atoms with Gasteiger partial charge in [0.05, 0.1) is 18.4 Å². The molecule has 0 aliphatic rings. The summed E-state index contributed by atoms with van der Waals surface area (Å²) in [6, 6.07) is 3.77. The Labute approximate surface area is 123 Å². The third kappa shape index (κ3) is 4.42. The zero-order chi connectivity index (χ0) is 15.2. The molecule has 0 saturated carbocycles. The maximum absolute atomic E-state index is 12.1. The average Bonchev–Trinajstić information content (AvgIpc) is 3.05. The zero-order valence-corrected chi connectivity index (χ0v) is 12.7. The van der Waals surface area contributed by atoms with Crippen LogP contribution in [-0.4, -0.2) is 39.4 Å². The van der Waals surface area contributed by atoms with Crippen LogP contribution in [0.4, 0.5) is 0 Å². The number of carbonyl (C=O) groups is 1. The lowest BCUT2D eigenvalue weighted by atomic mass is 10.4. The predicted molar refractivity (Wildman–Crippen MR) is 77.3 cm³/mol. The van der Waals surface area contributed by atoms with Gasteiger partial charge in [-0.3, -0.25) is 4.79 Å². The number of rotatable bonds is 7. The second-order valence-corrected chi connectivity index (χ2v) is 4.95. The lowest BCUT2D eigenvalue weighted by Gasteiger charge is -2.15. The standard InChI is InChI=1S/C14H21N5O2/c1-4-15-7-12-8-19(17-16-12)10-14(20)18(3)9-13-6-5-11(2)21-13/h5-6,8,15H,4,7,9-10H2,1-3H3. The monoisotopic (exact) mass is 291 g/mol. The normalized spacial score (nSPS) is 10.8. The van der Waals surface area contributed by atoms with E-state index >= 15 is 0 Å². The molecule has 7 nitrogen and oxygen atoms in total. The van der Waals surface area contributed by atoms with E-state index in [-0.39, 0.29) is 12.5 Å². The molecule has 7 heteroatoms. The van der Waals surface area contributed by atoms with Crippen LogP contribution in [0, 0.1) is 6.92 Å². The first-order valence-electron chi connectivity index (χ1n) is 6.97. The summed E-state index contributed by atoms with van der Waals surface area (Å²) in [5.74, 6) is 1.58. The van der Waals surface area contributed by atoms with Crippen LogP contribution >= 0.6 is 0 Å². The molecule has 0 spiro atoms.